The molecule has 104 valence electrons. The molecule has 0 aliphatic carbocycles. The lowest BCUT2D eigenvalue weighted by Gasteiger charge is -2.20. The molecule has 0 saturated carbocycles. The minimum Gasteiger partial charge on any atom is -0.488 e. The van der Waals surface area contributed by atoms with Crippen molar-refractivity contribution in [2.45, 2.75) is 19.1 Å². The Bertz CT molecular complexity index is 298. The summed E-state index contributed by atoms with van der Waals surface area (Å²) < 4.78 is 10.5. The summed E-state index contributed by atoms with van der Waals surface area (Å²) in [5.74, 6) is 0.774. The smallest absolute Gasteiger partial charge is 0.123 e. The van der Waals surface area contributed by atoms with E-state index in [0.29, 0.717) is 13.2 Å². The number of aliphatic hydroxyl groups excluding tert-OH is 1. The van der Waals surface area contributed by atoms with Gasteiger partial charge in [-0.05, 0) is 19.1 Å². The van der Waals surface area contributed by atoms with Crippen molar-refractivity contribution in [1.29, 1.82) is 0 Å². The molecule has 0 spiro atoms. The van der Waals surface area contributed by atoms with Crippen LogP contribution in [0, 0.1) is 0 Å². The third-order valence-corrected chi connectivity index (χ3v) is 2.44. The highest BCUT2D eigenvalue weighted by Gasteiger charge is 2.15. The molecule has 1 aromatic rings. The Labute approximate surface area is 115 Å². The molecule has 0 saturated heterocycles. The highest BCUT2D eigenvalue weighted by Crippen LogP contribution is 2.12. The number of nitrogens with one attached hydrogen (secondary N) is 1. The van der Waals surface area contributed by atoms with Gasteiger partial charge >= 0.3 is 0 Å². The molecule has 0 aromatic heterocycles. The molecule has 2 atom stereocenters. The van der Waals surface area contributed by atoms with Gasteiger partial charge in [-0.2, -0.15) is 0 Å². The van der Waals surface area contributed by atoms with Gasteiger partial charge in [-0.15, -0.1) is 12.4 Å². The number of rotatable bonds is 8. The fraction of sp³-hybridized carbons (Fsp3) is 0.538. The van der Waals surface area contributed by atoms with Gasteiger partial charge < -0.3 is 19.9 Å². The Kier molecular flexibility index (Phi) is 9.69. The third kappa shape index (κ3) is 6.81. The van der Waals surface area contributed by atoms with Crippen molar-refractivity contribution >= 4 is 12.4 Å². The Morgan fingerprint density at radius 3 is 2.56 bits per heavy atom. The molecule has 1 aromatic carbocycles. The van der Waals surface area contributed by atoms with Crippen LogP contribution in [0.2, 0.25) is 0 Å². The summed E-state index contributed by atoms with van der Waals surface area (Å²) in [4.78, 5) is 0. The molecular weight excluding hydrogens is 254 g/mol. The Morgan fingerprint density at radius 1 is 1.28 bits per heavy atom. The highest BCUT2D eigenvalue weighted by molar-refractivity contribution is 5.85. The predicted octanol–water partition coefficient (Wildman–Crippen LogP) is 1.47. The van der Waals surface area contributed by atoms with Crippen molar-refractivity contribution in [1.82, 2.24) is 5.32 Å². The monoisotopic (exact) mass is 275 g/mol. The van der Waals surface area contributed by atoms with Crippen molar-refractivity contribution in [3.8, 4) is 5.75 Å². The maximum absolute atomic E-state index is 9.85. The minimum absolute atomic E-state index is 0. The van der Waals surface area contributed by atoms with Crippen LogP contribution < -0.4 is 10.1 Å². The molecule has 0 heterocycles. The molecule has 18 heavy (non-hydrogen) atoms. The quantitative estimate of drug-likeness (QED) is 0.706. The molecule has 0 fully saturated rings. The highest BCUT2D eigenvalue weighted by atomic mass is 35.5. The van der Waals surface area contributed by atoms with E-state index in [-0.39, 0.29) is 18.5 Å². The first-order chi connectivity index (χ1) is 8.24. The molecule has 0 aliphatic rings. The van der Waals surface area contributed by atoms with Gasteiger partial charge in [0.05, 0.1) is 6.61 Å². The van der Waals surface area contributed by atoms with Crippen molar-refractivity contribution in [3.63, 3.8) is 0 Å². The summed E-state index contributed by atoms with van der Waals surface area (Å²) in [6.45, 7) is 3.72. The van der Waals surface area contributed by atoms with Crippen LogP contribution in [0.3, 0.4) is 0 Å². The van der Waals surface area contributed by atoms with Gasteiger partial charge in [0.25, 0.3) is 0 Å². The summed E-state index contributed by atoms with van der Waals surface area (Å²) >= 11 is 0. The van der Waals surface area contributed by atoms with Crippen LogP contribution in [0.15, 0.2) is 30.3 Å². The predicted molar refractivity (Wildman–Crippen MR) is 74.5 cm³/mol. The van der Waals surface area contributed by atoms with Crippen molar-refractivity contribution < 1.29 is 14.6 Å². The molecule has 2 unspecified atom stereocenters. The van der Waals surface area contributed by atoms with Crippen LogP contribution in [0.5, 0.6) is 5.75 Å². The number of ether oxygens (including phenoxy) is 2. The lowest BCUT2D eigenvalue weighted by atomic mass is 10.2. The lowest BCUT2D eigenvalue weighted by molar-refractivity contribution is 0.0465. The molecule has 0 radical (unpaired) electrons. The van der Waals surface area contributed by atoms with E-state index in [1.807, 2.05) is 37.3 Å². The van der Waals surface area contributed by atoms with Crippen LogP contribution >= 0.6 is 12.4 Å². The zero-order valence-corrected chi connectivity index (χ0v) is 11.7. The molecular formula is C13H22ClNO3. The van der Waals surface area contributed by atoms with Gasteiger partial charge in [-0.25, -0.2) is 0 Å². The van der Waals surface area contributed by atoms with Gasteiger partial charge in [0.15, 0.2) is 0 Å². The molecule has 0 aliphatic heterocycles. The first-order valence-corrected chi connectivity index (χ1v) is 5.83. The van der Waals surface area contributed by atoms with E-state index in [0.717, 1.165) is 12.3 Å². The van der Waals surface area contributed by atoms with E-state index in [1.165, 1.54) is 0 Å². The maximum atomic E-state index is 9.85. The Hall–Kier alpha value is -0.810. The van der Waals surface area contributed by atoms with E-state index in [2.05, 4.69) is 5.32 Å². The molecule has 1 rings (SSSR count). The van der Waals surface area contributed by atoms with Crippen LogP contribution in [0.25, 0.3) is 0 Å². The van der Waals surface area contributed by atoms with Gasteiger partial charge in [0, 0.05) is 20.2 Å². The molecule has 5 heteroatoms. The SMILES string of the molecule is COCCNCC(O)C(C)Oc1ccccc1.Cl. The Balaban J connectivity index is 0.00000289. The fourth-order valence-electron chi connectivity index (χ4n) is 1.38. The normalized spacial score (nSPS) is 13.5. The second-order valence-corrected chi connectivity index (χ2v) is 3.90. The molecule has 4 nitrogen and oxygen atoms in total. The van der Waals surface area contributed by atoms with Crippen molar-refractivity contribution in [2.75, 3.05) is 26.8 Å². The van der Waals surface area contributed by atoms with Gasteiger partial charge in [0.1, 0.15) is 18.0 Å². The van der Waals surface area contributed by atoms with E-state index in [1.54, 1.807) is 7.11 Å². The summed E-state index contributed by atoms with van der Waals surface area (Å²) in [6, 6.07) is 9.50. The summed E-state index contributed by atoms with van der Waals surface area (Å²) in [7, 11) is 1.65. The second kappa shape index (κ2) is 10.1. The zero-order valence-electron chi connectivity index (χ0n) is 10.8. The van der Waals surface area contributed by atoms with Crippen LogP contribution in [0.1, 0.15) is 6.92 Å². The van der Waals surface area contributed by atoms with E-state index >= 15 is 0 Å². The van der Waals surface area contributed by atoms with E-state index < -0.39 is 6.10 Å². The number of aliphatic hydroxyl groups is 1. The molecule has 0 amide bonds. The average Bonchev–Trinajstić information content (AvgIpc) is 2.35. The maximum Gasteiger partial charge on any atom is 0.123 e. The number of methoxy groups -OCH3 is 1. The molecule has 2 N–H and O–H groups in total. The number of hydrogen-bond acceptors (Lipinski definition) is 4. The van der Waals surface area contributed by atoms with Crippen LogP contribution in [0.4, 0.5) is 0 Å². The van der Waals surface area contributed by atoms with Crippen LogP contribution in [-0.4, -0.2) is 44.1 Å². The first-order valence-electron chi connectivity index (χ1n) is 5.83. The zero-order chi connectivity index (χ0) is 12.5. The number of halogens is 1. The number of para-hydroxylation sites is 1. The van der Waals surface area contributed by atoms with Gasteiger partial charge in [-0.1, -0.05) is 18.2 Å². The fourth-order valence-corrected chi connectivity index (χ4v) is 1.38. The topological polar surface area (TPSA) is 50.7 Å². The molecule has 0 bridgehead atoms. The standard InChI is InChI=1S/C13H21NO3.ClH/c1-11(13(15)10-14-8-9-16-2)17-12-6-4-3-5-7-12;/h3-7,11,13-15H,8-10H2,1-2H3;1H. The minimum atomic E-state index is -0.535. The second-order valence-electron chi connectivity index (χ2n) is 3.90. The van der Waals surface area contributed by atoms with Crippen molar-refractivity contribution in [2.24, 2.45) is 0 Å². The third-order valence-electron chi connectivity index (χ3n) is 2.44. The largest absolute Gasteiger partial charge is 0.488 e. The van der Waals surface area contributed by atoms with Crippen molar-refractivity contribution in [3.05, 3.63) is 30.3 Å². The van der Waals surface area contributed by atoms with E-state index in [9.17, 15) is 5.11 Å². The number of benzene rings is 1. The van der Waals surface area contributed by atoms with Crippen LogP contribution in [-0.2, 0) is 4.74 Å². The first kappa shape index (κ1) is 17.2. The van der Waals surface area contributed by atoms with Gasteiger partial charge in [-0.3, -0.25) is 0 Å². The summed E-state index contributed by atoms with van der Waals surface area (Å²) in [5, 5.41) is 12.9. The van der Waals surface area contributed by atoms with E-state index in [4.69, 9.17) is 9.47 Å². The lowest BCUT2D eigenvalue weighted by Crippen LogP contribution is -2.38. The van der Waals surface area contributed by atoms with Gasteiger partial charge in [0.2, 0.25) is 0 Å². The average molecular weight is 276 g/mol. The summed E-state index contributed by atoms with van der Waals surface area (Å²) in [5.41, 5.74) is 0. The Morgan fingerprint density at radius 2 is 1.94 bits per heavy atom. The summed E-state index contributed by atoms with van der Waals surface area (Å²) in [6.07, 6.45) is -0.778. The number of hydrogen-bond donors (Lipinski definition) is 2.